The van der Waals surface area contributed by atoms with Crippen LogP contribution in [0.2, 0.25) is 0 Å². The molecule has 4 heterocycles. The average molecular weight is 358 g/mol. The first-order valence-electron chi connectivity index (χ1n) is 8.81. The minimum Gasteiger partial charge on any atom is -0.393 e. The van der Waals surface area contributed by atoms with Crippen molar-refractivity contribution < 1.29 is 9.90 Å². The highest BCUT2D eigenvalue weighted by atomic mass is 32.1. The molecule has 0 aromatic carbocycles. The van der Waals surface area contributed by atoms with Crippen LogP contribution in [0.25, 0.3) is 0 Å². The number of hydrogen-bond acceptors (Lipinski definition) is 6. The Morgan fingerprint density at radius 1 is 1.16 bits per heavy atom. The predicted octanol–water partition coefficient (Wildman–Crippen LogP) is 1.74. The number of rotatable bonds is 2. The summed E-state index contributed by atoms with van der Waals surface area (Å²) in [6.45, 7) is 3.03. The van der Waals surface area contributed by atoms with Crippen molar-refractivity contribution in [2.24, 2.45) is 0 Å². The van der Waals surface area contributed by atoms with Crippen LogP contribution in [-0.4, -0.2) is 58.2 Å². The number of amides is 1. The fourth-order valence-corrected chi connectivity index (χ4v) is 4.31. The number of anilines is 1. The number of hydrogen-bond donors (Lipinski definition) is 1. The van der Waals surface area contributed by atoms with Gasteiger partial charge in [-0.2, -0.15) is 0 Å². The van der Waals surface area contributed by atoms with Crippen molar-refractivity contribution in [3.63, 3.8) is 0 Å². The first-order chi connectivity index (χ1) is 12.2. The normalized spacial score (nSPS) is 18.8. The molecule has 2 aromatic rings. The van der Waals surface area contributed by atoms with E-state index >= 15 is 0 Å². The standard InChI is InChI=1S/C18H22N4O2S/c23-13-3-7-21(8-4-13)17-14-5-9-22(10-6-15(14)19-12-20-17)18(24)16-2-1-11-25-16/h1-2,11-13,23H,3-10H2. The average Bonchev–Trinajstić information content (AvgIpc) is 3.08. The van der Waals surface area contributed by atoms with E-state index < -0.39 is 0 Å². The van der Waals surface area contributed by atoms with Gasteiger partial charge in [-0.1, -0.05) is 6.07 Å². The number of fused-ring (bicyclic) bond motifs is 1. The summed E-state index contributed by atoms with van der Waals surface area (Å²) in [4.78, 5) is 26.6. The zero-order valence-corrected chi connectivity index (χ0v) is 14.9. The number of thiophene rings is 1. The van der Waals surface area contributed by atoms with Crippen LogP contribution in [0.1, 0.15) is 33.8 Å². The summed E-state index contributed by atoms with van der Waals surface area (Å²) in [6, 6.07) is 3.80. The minimum atomic E-state index is -0.199. The van der Waals surface area contributed by atoms with Gasteiger partial charge in [0.1, 0.15) is 12.1 Å². The van der Waals surface area contributed by atoms with Gasteiger partial charge >= 0.3 is 0 Å². The molecule has 1 saturated heterocycles. The maximum absolute atomic E-state index is 12.6. The van der Waals surface area contributed by atoms with Crippen molar-refractivity contribution in [2.75, 3.05) is 31.1 Å². The maximum Gasteiger partial charge on any atom is 0.263 e. The van der Waals surface area contributed by atoms with Gasteiger partial charge in [-0.15, -0.1) is 11.3 Å². The molecule has 0 radical (unpaired) electrons. The molecule has 4 rings (SSSR count). The third kappa shape index (κ3) is 3.39. The van der Waals surface area contributed by atoms with Gasteiger partial charge in [-0.05, 0) is 30.7 Å². The predicted molar refractivity (Wildman–Crippen MR) is 97.1 cm³/mol. The van der Waals surface area contributed by atoms with Crippen molar-refractivity contribution >= 4 is 23.1 Å². The van der Waals surface area contributed by atoms with Crippen molar-refractivity contribution in [3.8, 4) is 0 Å². The van der Waals surface area contributed by atoms with Crippen LogP contribution in [-0.2, 0) is 12.8 Å². The van der Waals surface area contributed by atoms with Gasteiger partial charge in [-0.25, -0.2) is 9.97 Å². The van der Waals surface area contributed by atoms with Crippen LogP contribution in [0, 0.1) is 0 Å². The lowest BCUT2D eigenvalue weighted by molar-refractivity contribution is 0.0767. The quantitative estimate of drug-likeness (QED) is 0.886. The van der Waals surface area contributed by atoms with Crippen molar-refractivity contribution in [2.45, 2.75) is 31.8 Å². The summed E-state index contributed by atoms with van der Waals surface area (Å²) in [5.74, 6) is 1.10. The molecule has 2 aromatic heterocycles. The third-order valence-electron chi connectivity index (χ3n) is 5.05. The van der Waals surface area contributed by atoms with Gasteiger partial charge < -0.3 is 14.9 Å². The lowest BCUT2D eigenvalue weighted by Crippen LogP contribution is -2.37. The van der Waals surface area contributed by atoms with Gasteiger partial charge in [-0.3, -0.25) is 4.79 Å². The monoisotopic (exact) mass is 358 g/mol. The molecule has 0 spiro atoms. The second-order valence-electron chi connectivity index (χ2n) is 6.61. The lowest BCUT2D eigenvalue weighted by atomic mass is 10.1. The van der Waals surface area contributed by atoms with Gasteiger partial charge in [0.2, 0.25) is 0 Å². The van der Waals surface area contributed by atoms with E-state index in [4.69, 9.17) is 0 Å². The molecule has 0 atom stereocenters. The van der Waals surface area contributed by atoms with Crippen molar-refractivity contribution in [1.82, 2.24) is 14.9 Å². The topological polar surface area (TPSA) is 69.6 Å². The Balaban J connectivity index is 1.53. The summed E-state index contributed by atoms with van der Waals surface area (Å²) < 4.78 is 0. The molecule has 25 heavy (non-hydrogen) atoms. The maximum atomic E-state index is 12.6. The molecule has 0 bridgehead atoms. The smallest absolute Gasteiger partial charge is 0.263 e. The Bertz CT molecular complexity index is 742. The van der Waals surface area contributed by atoms with E-state index in [1.54, 1.807) is 6.33 Å². The zero-order valence-electron chi connectivity index (χ0n) is 14.1. The largest absolute Gasteiger partial charge is 0.393 e. The molecule has 0 saturated carbocycles. The molecule has 2 aliphatic heterocycles. The summed E-state index contributed by atoms with van der Waals surface area (Å²) in [5, 5.41) is 11.7. The summed E-state index contributed by atoms with van der Waals surface area (Å²) >= 11 is 1.49. The third-order valence-corrected chi connectivity index (χ3v) is 5.90. The molecule has 6 nitrogen and oxygen atoms in total. The van der Waals surface area contributed by atoms with Crippen LogP contribution in [0.3, 0.4) is 0 Å². The number of carbonyl (C=O) groups excluding carboxylic acids is 1. The summed E-state index contributed by atoms with van der Waals surface area (Å²) in [7, 11) is 0. The molecule has 2 aliphatic rings. The van der Waals surface area contributed by atoms with E-state index in [-0.39, 0.29) is 12.0 Å². The first kappa shape index (κ1) is 16.5. The zero-order chi connectivity index (χ0) is 17.2. The van der Waals surface area contributed by atoms with Gasteiger partial charge in [0.05, 0.1) is 16.7 Å². The Morgan fingerprint density at radius 3 is 2.72 bits per heavy atom. The molecule has 1 N–H and O–H groups in total. The first-order valence-corrected chi connectivity index (χ1v) is 9.69. The molecular weight excluding hydrogens is 336 g/mol. The Morgan fingerprint density at radius 2 is 1.96 bits per heavy atom. The molecule has 7 heteroatoms. The van der Waals surface area contributed by atoms with Crippen LogP contribution < -0.4 is 4.90 Å². The second-order valence-corrected chi connectivity index (χ2v) is 7.56. The van der Waals surface area contributed by atoms with Gasteiger partial charge in [0.15, 0.2) is 0 Å². The van der Waals surface area contributed by atoms with E-state index in [0.29, 0.717) is 13.1 Å². The van der Waals surface area contributed by atoms with Crippen molar-refractivity contribution in [3.05, 3.63) is 40.0 Å². The number of piperidine rings is 1. The Kier molecular flexibility index (Phi) is 4.67. The highest BCUT2D eigenvalue weighted by molar-refractivity contribution is 7.12. The van der Waals surface area contributed by atoms with E-state index in [2.05, 4.69) is 14.9 Å². The van der Waals surface area contributed by atoms with E-state index in [1.807, 2.05) is 22.4 Å². The fourth-order valence-electron chi connectivity index (χ4n) is 3.62. The van der Waals surface area contributed by atoms with E-state index in [0.717, 1.165) is 55.2 Å². The van der Waals surface area contributed by atoms with E-state index in [9.17, 15) is 9.90 Å². The van der Waals surface area contributed by atoms with Crippen LogP contribution in [0.15, 0.2) is 23.8 Å². The molecule has 1 fully saturated rings. The second kappa shape index (κ2) is 7.09. The van der Waals surface area contributed by atoms with Crippen LogP contribution >= 0.6 is 11.3 Å². The number of aromatic nitrogens is 2. The Labute approximate surface area is 151 Å². The highest BCUT2D eigenvalue weighted by Crippen LogP contribution is 2.27. The molecule has 132 valence electrons. The highest BCUT2D eigenvalue weighted by Gasteiger charge is 2.26. The molecule has 0 aliphatic carbocycles. The van der Waals surface area contributed by atoms with Gasteiger partial charge in [0, 0.05) is 38.2 Å². The number of nitrogens with zero attached hydrogens (tertiary/aromatic N) is 4. The van der Waals surface area contributed by atoms with Crippen LogP contribution in [0.5, 0.6) is 0 Å². The fraction of sp³-hybridized carbons (Fsp3) is 0.500. The van der Waals surface area contributed by atoms with Gasteiger partial charge in [0.25, 0.3) is 5.91 Å². The van der Waals surface area contributed by atoms with Crippen molar-refractivity contribution in [1.29, 1.82) is 0 Å². The summed E-state index contributed by atoms with van der Waals surface area (Å²) in [6.07, 6.45) is 4.54. The number of carbonyl (C=O) groups is 1. The van der Waals surface area contributed by atoms with Crippen LogP contribution in [0.4, 0.5) is 5.82 Å². The Hall–Kier alpha value is -1.99. The summed E-state index contributed by atoms with van der Waals surface area (Å²) in [5.41, 5.74) is 2.22. The SMILES string of the molecule is O=C(c1cccs1)N1CCc2ncnc(N3CCC(O)CC3)c2CC1. The number of aliphatic hydroxyl groups is 1. The molecule has 1 amide bonds. The lowest BCUT2D eigenvalue weighted by Gasteiger charge is -2.32. The number of aliphatic hydroxyl groups excluding tert-OH is 1. The minimum absolute atomic E-state index is 0.110. The molecular formula is C18H22N4O2S. The molecule has 0 unspecified atom stereocenters. The van der Waals surface area contributed by atoms with E-state index in [1.165, 1.54) is 16.9 Å².